The van der Waals surface area contributed by atoms with E-state index in [2.05, 4.69) is 11.3 Å². The van der Waals surface area contributed by atoms with Gasteiger partial charge in [-0.1, -0.05) is 6.58 Å². The average molecular weight is 381 g/mol. The molecule has 24 heavy (non-hydrogen) atoms. The molecule has 0 aliphatic carbocycles. The van der Waals surface area contributed by atoms with Crippen LogP contribution in [0.5, 0.6) is 0 Å². The molecule has 0 radical (unpaired) electrons. The molecular weight excluding hydrogens is 364 g/mol. The van der Waals surface area contributed by atoms with Crippen molar-refractivity contribution in [3.63, 3.8) is 0 Å². The van der Waals surface area contributed by atoms with Gasteiger partial charge in [-0.25, -0.2) is 13.2 Å². The minimum absolute atomic E-state index is 0.0993. The molecule has 0 atom stereocenters. The predicted octanol–water partition coefficient (Wildman–Crippen LogP) is 1.04. The van der Waals surface area contributed by atoms with Crippen LogP contribution >= 0.6 is 0 Å². The van der Waals surface area contributed by atoms with Crippen molar-refractivity contribution in [1.82, 2.24) is 0 Å². The van der Waals surface area contributed by atoms with Crippen LogP contribution in [0.1, 0.15) is 19.3 Å². The third-order valence-corrected chi connectivity index (χ3v) is 3.59. The van der Waals surface area contributed by atoms with E-state index in [0.29, 0.717) is 0 Å². The lowest BCUT2D eigenvalue weighted by Crippen LogP contribution is -2.46. The van der Waals surface area contributed by atoms with Gasteiger partial charge in [-0.05, 0) is 12.8 Å². The highest BCUT2D eigenvalue weighted by Crippen LogP contribution is 2.41. The fourth-order valence-corrected chi connectivity index (χ4v) is 1.84. The molecule has 0 spiro atoms. The van der Waals surface area contributed by atoms with Crippen LogP contribution < -0.4 is 0 Å². The van der Waals surface area contributed by atoms with E-state index in [0.717, 1.165) is 0 Å². The van der Waals surface area contributed by atoms with E-state index in [4.69, 9.17) is 9.84 Å². The van der Waals surface area contributed by atoms with Crippen LogP contribution in [0.25, 0.3) is 0 Å². The number of halogens is 4. The number of esters is 1. The maximum absolute atomic E-state index is 13.1. The average Bonchev–Trinajstić information content (AvgIpc) is 2.46. The second-order valence-corrected chi connectivity index (χ2v) is 6.07. The lowest BCUT2D eigenvalue weighted by Gasteiger charge is -2.28. The summed E-state index contributed by atoms with van der Waals surface area (Å²) in [7, 11) is -6.48. The maximum atomic E-state index is 13.1. The maximum Gasteiger partial charge on any atom is 0.396 e. The zero-order valence-electron chi connectivity index (χ0n) is 12.5. The molecule has 0 saturated carbocycles. The number of rotatable bonds is 12. The molecule has 142 valence electrons. The third kappa shape index (κ3) is 6.71. The van der Waals surface area contributed by atoms with E-state index in [1.54, 1.807) is 0 Å². The number of aliphatic hydroxyl groups excluding tert-OH is 1. The largest absolute Gasteiger partial charge is 0.743 e. The summed E-state index contributed by atoms with van der Waals surface area (Å²) in [6.45, 7) is 2.22. The van der Waals surface area contributed by atoms with Crippen molar-refractivity contribution >= 4 is 16.1 Å². The molecule has 1 N–H and O–H groups in total. The van der Waals surface area contributed by atoms with Crippen LogP contribution in [0.2, 0.25) is 0 Å². The molecule has 0 bridgehead atoms. The Bertz CT molecular complexity index is 534. The Balaban J connectivity index is 4.11. The molecule has 7 nitrogen and oxygen atoms in total. The molecule has 0 rings (SSSR count). The number of hydrogen-bond acceptors (Lipinski definition) is 7. The summed E-state index contributed by atoms with van der Waals surface area (Å²) in [4.78, 5) is 11.2. The van der Waals surface area contributed by atoms with Crippen LogP contribution in [0, 0.1) is 0 Å². The van der Waals surface area contributed by atoms with Gasteiger partial charge < -0.3 is 19.1 Å². The minimum Gasteiger partial charge on any atom is -0.743 e. The number of carbonyl (C=O) groups excluding carboxylic acids is 1. The smallest absolute Gasteiger partial charge is 0.396 e. The van der Waals surface area contributed by atoms with Crippen LogP contribution in [0.4, 0.5) is 17.6 Å². The van der Waals surface area contributed by atoms with E-state index in [1.165, 1.54) is 0 Å². The first-order chi connectivity index (χ1) is 10.9. The third-order valence-electron chi connectivity index (χ3n) is 2.66. The summed E-state index contributed by atoms with van der Waals surface area (Å²) in [5.41, 5.74) is -0.0993. The number of carbonyl (C=O) groups is 1. The molecule has 0 aromatic heterocycles. The molecule has 0 aromatic carbocycles. The summed E-state index contributed by atoms with van der Waals surface area (Å²) >= 11 is 0. The van der Waals surface area contributed by atoms with Crippen molar-refractivity contribution in [2.45, 2.75) is 30.4 Å². The number of alkyl halides is 4. The van der Waals surface area contributed by atoms with E-state index < -0.39 is 40.1 Å². The molecular formula is C12H17F4O7S-. The van der Waals surface area contributed by atoms with Crippen LogP contribution in [-0.4, -0.2) is 61.7 Å². The summed E-state index contributed by atoms with van der Waals surface area (Å²) < 4.78 is 91.7. The first-order valence-corrected chi connectivity index (χ1v) is 8.02. The Morgan fingerprint density at radius 1 is 1.17 bits per heavy atom. The van der Waals surface area contributed by atoms with E-state index in [1.807, 2.05) is 0 Å². The Morgan fingerprint density at radius 2 is 1.75 bits per heavy atom. The topological polar surface area (TPSA) is 113 Å². The molecule has 0 fully saturated rings. The van der Waals surface area contributed by atoms with Crippen molar-refractivity contribution in [2.24, 2.45) is 0 Å². The monoisotopic (exact) mass is 381 g/mol. The van der Waals surface area contributed by atoms with Gasteiger partial charge in [0.1, 0.15) is 6.61 Å². The van der Waals surface area contributed by atoms with Crippen molar-refractivity contribution in [3.8, 4) is 0 Å². The molecule has 12 heteroatoms. The SMILES string of the molecule is C=C(COCCCCC(F)(F)C(F)(F)S(=O)(=O)[O-])C(=O)OCCO. The molecule has 0 saturated heterocycles. The summed E-state index contributed by atoms with van der Waals surface area (Å²) in [6, 6.07) is 0. The molecule has 0 amide bonds. The molecule has 0 aromatic rings. The lowest BCUT2D eigenvalue weighted by molar-refractivity contribution is -0.165. The van der Waals surface area contributed by atoms with Crippen molar-refractivity contribution < 1.29 is 49.9 Å². The van der Waals surface area contributed by atoms with Gasteiger partial charge in [-0.15, -0.1) is 0 Å². The standard InChI is InChI=1S/C12H18F4O7S/c1-9(10(18)23-7-5-17)8-22-6-3-2-4-11(13,14)12(15,16)24(19,20)21/h17H,1-8H2,(H,19,20,21)/p-1. The van der Waals surface area contributed by atoms with Crippen molar-refractivity contribution in [3.05, 3.63) is 12.2 Å². The highest BCUT2D eigenvalue weighted by Gasteiger charge is 2.60. The van der Waals surface area contributed by atoms with Gasteiger partial charge >= 0.3 is 17.1 Å². The first kappa shape index (κ1) is 22.8. The zero-order valence-corrected chi connectivity index (χ0v) is 13.3. The van der Waals surface area contributed by atoms with Gasteiger partial charge in [0, 0.05) is 13.0 Å². The quantitative estimate of drug-likeness (QED) is 0.177. The fourth-order valence-electron chi connectivity index (χ4n) is 1.37. The number of unbranched alkanes of at least 4 members (excludes halogenated alkanes) is 1. The minimum atomic E-state index is -6.48. The van der Waals surface area contributed by atoms with E-state index in [9.17, 15) is 35.3 Å². The Kier molecular flexibility index (Phi) is 8.82. The second kappa shape index (κ2) is 9.30. The van der Waals surface area contributed by atoms with E-state index >= 15 is 0 Å². The predicted molar refractivity (Wildman–Crippen MR) is 71.4 cm³/mol. The number of ether oxygens (including phenoxy) is 2. The highest BCUT2D eigenvalue weighted by molar-refractivity contribution is 7.86. The van der Waals surface area contributed by atoms with Crippen molar-refractivity contribution in [2.75, 3.05) is 26.4 Å². The molecule has 0 heterocycles. The van der Waals surface area contributed by atoms with Gasteiger partial charge in [0.15, 0.2) is 10.1 Å². The Morgan fingerprint density at radius 3 is 2.25 bits per heavy atom. The number of aliphatic hydroxyl groups is 1. The van der Waals surface area contributed by atoms with Gasteiger partial charge in [-0.3, -0.25) is 0 Å². The summed E-state index contributed by atoms with van der Waals surface area (Å²) in [6.07, 6.45) is -2.21. The van der Waals surface area contributed by atoms with Gasteiger partial charge in [0.2, 0.25) is 0 Å². The first-order valence-electron chi connectivity index (χ1n) is 6.61. The van der Waals surface area contributed by atoms with Crippen LogP contribution in [-0.2, 0) is 24.4 Å². The second-order valence-electron chi connectivity index (χ2n) is 4.65. The zero-order chi connectivity index (χ0) is 19.0. The Hall–Kier alpha value is -1.24. The van der Waals surface area contributed by atoms with Gasteiger partial charge in [-0.2, -0.15) is 17.6 Å². The normalized spacial score (nSPS) is 12.9. The van der Waals surface area contributed by atoms with Gasteiger partial charge in [0.05, 0.1) is 18.8 Å². The highest BCUT2D eigenvalue weighted by atomic mass is 32.2. The van der Waals surface area contributed by atoms with Crippen LogP contribution in [0.15, 0.2) is 12.2 Å². The number of hydrogen-bond donors (Lipinski definition) is 1. The van der Waals surface area contributed by atoms with Crippen molar-refractivity contribution in [1.29, 1.82) is 0 Å². The Labute approximate surface area is 136 Å². The summed E-state index contributed by atoms with van der Waals surface area (Å²) in [5.74, 6) is -5.82. The molecule has 0 aliphatic rings. The van der Waals surface area contributed by atoms with Crippen LogP contribution in [0.3, 0.4) is 0 Å². The molecule has 0 aliphatic heterocycles. The van der Waals surface area contributed by atoms with E-state index in [-0.39, 0.29) is 38.4 Å². The fraction of sp³-hybridized carbons (Fsp3) is 0.750. The lowest BCUT2D eigenvalue weighted by atomic mass is 10.1. The van der Waals surface area contributed by atoms with Gasteiger partial charge in [0.25, 0.3) is 0 Å². The summed E-state index contributed by atoms with van der Waals surface area (Å²) in [5, 5.41) is 2.74. The molecule has 0 unspecified atom stereocenters.